The Balaban J connectivity index is 2.01. The molecule has 31 heavy (non-hydrogen) atoms. The van der Waals surface area contributed by atoms with Crippen molar-refractivity contribution in [2.24, 2.45) is 0 Å². The van der Waals surface area contributed by atoms with Crippen molar-refractivity contribution in [2.75, 3.05) is 6.54 Å². The highest BCUT2D eigenvalue weighted by Crippen LogP contribution is 2.12. The summed E-state index contributed by atoms with van der Waals surface area (Å²) in [5.41, 5.74) is 0.615. The molecule has 2 amide bonds. The average Bonchev–Trinajstić information content (AvgIpc) is 3.25. The van der Waals surface area contributed by atoms with Gasteiger partial charge in [0, 0.05) is 24.7 Å². The fourth-order valence-corrected chi connectivity index (χ4v) is 3.46. The van der Waals surface area contributed by atoms with Gasteiger partial charge in [-0.1, -0.05) is 77.6 Å². The minimum atomic E-state index is -1.13. The van der Waals surface area contributed by atoms with Crippen molar-refractivity contribution in [3.05, 3.63) is 18.2 Å². The molecule has 1 rings (SSSR count). The maximum Gasteiger partial charge on any atom is 0.326 e. The Bertz CT molecular complexity index is 619. The first kappa shape index (κ1) is 26.7. The predicted octanol–water partition coefficient (Wildman–Crippen LogP) is 3.73. The minimum absolute atomic E-state index is 0.105. The third-order valence-electron chi connectivity index (χ3n) is 5.32. The van der Waals surface area contributed by atoms with Gasteiger partial charge in [0.2, 0.25) is 11.8 Å². The van der Waals surface area contributed by atoms with E-state index >= 15 is 0 Å². The largest absolute Gasteiger partial charge is 0.480 e. The number of H-pyrrole nitrogens is 1. The molecule has 0 fully saturated rings. The Morgan fingerprint density at radius 3 is 2.03 bits per heavy atom. The molecule has 8 heteroatoms. The van der Waals surface area contributed by atoms with Crippen LogP contribution in [0.2, 0.25) is 0 Å². The summed E-state index contributed by atoms with van der Waals surface area (Å²) in [6.45, 7) is 2.02. The van der Waals surface area contributed by atoms with Crippen molar-refractivity contribution in [3.63, 3.8) is 0 Å². The van der Waals surface area contributed by atoms with Crippen molar-refractivity contribution in [1.29, 1.82) is 0 Å². The van der Waals surface area contributed by atoms with Crippen molar-refractivity contribution in [1.82, 2.24) is 20.6 Å². The Labute approximate surface area is 186 Å². The van der Waals surface area contributed by atoms with E-state index in [9.17, 15) is 19.5 Å². The van der Waals surface area contributed by atoms with E-state index in [1.165, 1.54) is 70.3 Å². The number of hydrogen-bond acceptors (Lipinski definition) is 4. The lowest BCUT2D eigenvalue weighted by atomic mass is 10.0. The maximum atomic E-state index is 12.0. The number of rotatable bonds is 19. The second-order valence-corrected chi connectivity index (χ2v) is 8.16. The second-order valence-electron chi connectivity index (χ2n) is 8.16. The fourth-order valence-electron chi connectivity index (χ4n) is 3.46. The normalized spacial score (nSPS) is 11.8. The van der Waals surface area contributed by atoms with Gasteiger partial charge in [-0.25, -0.2) is 9.78 Å². The van der Waals surface area contributed by atoms with E-state index in [4.69, 9.17) is 0 Å². The first-order chi connectivity index (χ1) is 15.0. The van der Waals surface area contributed by atoms with Gasteiger partial charge >= 0.3 is 5.97 Å². The van der Waals surface area contributed by atoms with E-state index in [0.29, 0.717) is 12.1 Å². The molecule has 0 spiro atoms. The van der Waals surface area contributed by atoms with Crippen molar-refractivity contribution in [2.45, 2.75) is 103 Å². The molecule has 0 aliphatic carbocycles. The molecule has 0 aliphatic heterocycles. The van der Waals surface area contributed by atoms with Crippen LogP contribution in [0.4, 0.5) is 0 Å². The molecule has 0 saturated heterocycles. The molecule has 0 radical (unpaired) electrons. The van der Waals surface area contributed by atoms with Crippen molar-refractivity contribution >= 4 is 17.8 Å². The number of aromatic nitrogens is 2. The molecule has 1 aromatic rings. The number of carbonyl (C=O) groups excluding carboxylic acids is 2. The molecule has 4 N–H and O–H groups in total. The molecule has 1 aromatic heterocycles. The van der Waals surface area contributed by atoms with Crippen LogP contribution >= 0.6 is 0 Å². The summed E-state index contributed by atoms with van der Waals surface area (Å²) in [5.74, 6) is -1.83. The van der Waals surface area contributed by atoms with Crippen LogP contribution in [-0.2, 0) is 20.8 Å². The van der Waals surface area contributed by atoms with E-state index < -0.39 is 17.9 Å². The molecule has 176 valence electrons. The number of nitrogens with one attached hydrogen (secondary N) is 3. The second kappa shape index (κ2) is 17.3. The SMILES string of the molecule is CCCCCCCCCCCCCCC(=O)NCC(=O)N[C@@H](Cc1cnc[nH]1)C(=O)O. The summed E-state index contributed by atoms with van der Waals surface area (Å²) >= 11 is 0. The van der Waals surface area contributed by atoms with Crippen LogP contribution in [0.1, 0.15) is 96.1 Å². The standard InChI is InChI=1S/C23H40N4O4/c1-2-3-4-5-6-7-8-9-10-11-12-13-14-21(28)25-17-22(29)27-20(23(30)31)15-19-16-24-18-26-19/h16,18,20H,2-15,17H2,1H3,(H,24,26)(H,25,28)(H,27,29)(H,30,31)/t20-/m0/s1. The third-order valence-corrected chi connectivity index (χ3v) is 5.32. The average molecular weight is 437 g/mol. The van der Waals surface area contributed by atoms with Crippen LogP contribution in [0, 0.1) is 0 Å². The quantitative estimate of drug-likeness (QED) is 0.246. The summed E-state index contributed by atoms with van der Waals surface area (Å²) in [5, 5.41) is 14.2. The van der Waals surface area contributed by atoms with E-state index in [0.717, 1.165) is 19.3 Å². The zero-order chi connectivity index (χ0) is 22.7. The number of aromatic amines is 1. The number of carboxylic acid groups (broad SMARTS) is 1. The number of carboxylic acids is 1. The Morgan fingerprint density at radius 2 is 1.52 bits per heavy atom. The van der Waals surface area contributed by atoms with E-state index in [-0.39, 0.29) is 18.9 Å². The fraction of sp³-hybridized carbons (Fsp3) is 0.739. The van der Waals surface area contributed by atoms with Gasteiger partial charge in [0.1, 0.15) is 6.04 Å². The van der Waals surface area contributed by atoms with E-state index in [1.807, 2.05) is 0 Å². The lowest BCUT2D eigenvalue weighted by Crippen LogP contribution is -2.46. The number of unbranched alkanes of at least 4 members (excludes halogenated alkanes) is 11. The Morgan fingerprint density at radius 1 is 0.935 bits per heavy atom. The summed E-state index contributed by atoms with van der Waals surface area (Å²) < 4.78 is 0. The van der Waals surface area contributed by atoms with Gasteiger partial charge < -0.3 is 20.7 Å². The smallest absolute Gasteiger partial charge is 0.326 e. The first-order valence-corrected chi connectivity index (χ1v) is 11.8. The summed E-state index contributed by atoms with van der Waals surface area (Å²) in [7, 11) is 0. The molecule has 1 heterocycles. The van der Waals surface area contributed by atoms with Crippen LogP contribution < -0.4 is 10.6 Å². The van der Waals surface area contributed by atoms with Crippen LogP contribution in [0.3, 0.4) is 0 Å². The molecule has 0 aliphatic rings. The van der Waals surface area contributed by atoms with Crippen molar-refractivity contribution < 1.29 is 19.5 Å². The number of aliphatic carboxylic acids is 1. The van der Waals surface area contributed by atoms with Crippen molar-refractivity contribution in [3.8, 4) is 0 Å². The molecular formula is C23H40N4O4. The first-order valence-electron chi connectivity index (χ1n) is 11.8. The highest BCUT2D eigenvalue weighted by molar-refractivity contribution is 5.87. The minimum Gasteiger partial charge on any atom is -0.480 e. The number of amides is 2. The van der Waals surface area contributed by atoms with Gasteiger partial charge in [0.05, 0.1) is 12.9 Å². The molecule has 0 bridgehead atoms. The molecule has 0 unspecified atom stereocenters. The summed E-state index contributed by atoms with van der Waals surface area (Å²) in [4.78, 5) is 41.8. The maximum absolute atomic E-state index is 12.0. The highest BCUT2D eigenvalue weighted by Gasteiger charge is 2.21. The highest BCUT2D eigenvalue weighted by atomic mass is 16.4. The Kier molecular flexibility index (Phi) is 14.9. The van der Waals surface area contributed by atoms with Gasteiger partial charge in [-0.15, -0.1) is 0 Å². The summed E-state index contributed by atoms with van der Waals surface area (Å²) in [6, 6.07) is -1.07. The molecule has 1 atom stereocenters. The number of imidazole rings is 1. The van der Waals surface area contributed by atoms with E-state index in [2.05, 4.69) is 27.5 Å². The van der Waals surface area contributed by atoms with Crippen LogP contribution in [0.15, 0.2) is 12.5 Å². The number of hydrogen-bond donors (Lipinski definition) is 4. The van der Waals surface area contributed by atoms with Crippen LogP contribution in [0.25, 0.3) is 0 Å². The third kappa shape index (κ3) is 14.3. The molecule has 0 aromatic carbocycles. The summed E-state index contributed by atoms with van der Waals surface area (Å²) in [6.07, 6.45) is 18.3. The number of nitrogens with zero attached hydrogens (tertiary/aromatic N) is 1. The van der Waals surface area contributed by atoms with Gasteiger partial charge in [-0.3, -0.25) is 9.59 Å². The zero-order valence-electron chi connectivity index (χ0n) is 19.0. The topological polar surface area (TPSA) is 124 Å². The lowest BCUT2D eigenvalue weighted by molar-refractivity contribution is -0.141. The van der Waals surface area contributed by atoms with Gasteiger partial charge in [-0.2, -0.15) is 0 Å². The van der Waals surface area contributed by atoms with Crippen LogP contribution in [-0.4, -0.2) is 45.4 Å². The number of carbonyl (C=O) groups is 3. The monoisotopic (exact) mass is 436 g/mol. The van der Waals surface area contributed by atoms with E-state index in [1.54, 1.807) is 0 Å². The molecule has 0 saturated carbocycles. The predicted molar refractivity (Wildman–Crippen MR) is 121 cm³/mol. The molecular weight excluding hydrogens is 396 g/mol. The lowest BCUT2D eigenvalue weighted by Gasteiger charge is -2.14. The van der Waals surface area contributed by atoms with Gasteiger partial charge in [0.15, 0.2) is 0 Å². The van der Waals surface area contributed by atoms with Crippen LogP contribution in [0.5, 0.6) is 0 Å². The molecule has 8 nitrogen and oxygen atoms in total. The Hall–Kier alpha value is -2.38. The van der Waals surface area contributed by atoms with Gasteiger partial charge in [-0.05, 0) is 6.42 Å². The zero-order valence-corrected chi connectivity index (χ0v) is 19.0. The van der Waals surface area contributed by atoms with Gasteiger partial charge in [0.25, 0.3) is 0 Å².